The summed E-state index contributed by atoms with van der Waals surface area (Å²) in [5.74, 6) is -0.186. The van der Waals surface area contributed by atoms with Crippen LogP contribution in [0.1, 0.15) is 20.8 Å². The van der Waals surface area contributed by atoms with Crippen LogP contribution in [0.3, 0.4) is 0 Å². The van der Waals surface area contributed by atoms with Crippen molar-refractivity contribution in [1.82, 2.24) is 5.32 Å². The second-order valence-electron chi connectivity index (χ2n) is 5.41. The second kappa shape index (κ2) is 7.14. The minimum Gasteiger partial charge on any atom is -0.350 e. The van der Waals surface area contributed by atoms with Crippen molar-refractivity contribution in [3.05, 3.63) is 51.7 Å². The van der Waals surface area contributed by atoms with E-state index in [9.17, 15) is 13.2 Å². The van der Waals surface area contributed by atoms with E-state index in [4.69, 9.17) is 0 Å². The largest absolute Gasteiger partial charge is 0.350 e. The monoisotopic (exact) mass is 352 g/mol. The summed E-state index contributed by atoms with van der Waals surface area (Å²) in [6, 6.07) is 9.18. The van der Waals surface area contributed by atoms with Gasteiger partial charge in [0, 0.05) is 6.54 Å². The number of nitrogens with zero attached hydrogens (tertiary/aromatic N) is 1. The van der Waals surface area contributed by atoms with Crippen LogP contribution in [0.25, 0.3) is 0 Å². The average Bonchev–Trinajstić information content (AvgIpc) is 2.94. The maximum Gasteiger partial charge on any atom is 0.261 e. The minimum absolute atomic E-state index is 0.186. The molecule has 0 aliphatic carbocycles. The zero-order chi connectivity index (χ0) is 17.0. The van der Waals surface area contributed by atoms with Crippen LogP contribution in [0.5, 0.6) is 0 Å². The van der Waals surface area contributed by atoms with Gasteiger partial charge in [-0.05, 0) is 48.6 Å². The van der Waals surface area contributed by atoms with Gasteiger partial charge < -0.3 is 5.32 Å². The molecule has 5 nitrogen and oxygen atoms in total. The van der Waals surface area contributed by atoms with E-state index < -0.39 is 10.0 Å². The molecule has 0 spiro atoms. The number of hydrogen-bond acceptors (Lipinski definition) is 4. The number of amides is 1. The maximum absolute atomic E-state index is 12.1. The third kappa shape index (κ3) is 4.80. The second-order valence-corrected chi connectivity index (χ2v) is 8.27. The normalized spacial score (nSPS) is 11.3. The molecule has 0 saturated heterocycles. The van der Waals surface area contributed by atoms with Gasteiger partial charge in [0.15, 0.2) is 0 Å². The Labute approximate surface area is 141 Å². The fourth-order valence-electron chi connectivity index (χ4n) is 2.35. The highest BCUT2D eigenvalue weighted by molar-refractivity contribution is 7.92. The number of carbonyl (C=O) groups excluding carboxylic acids is 1. The Bertz CT molecular complexity index is 763. The number of thiophene rings is 1. The van der Waals surface area contributed by atoms with E-state index in [0.717, 1.165) is 11.1 Å². The number of aryl methyl sites for hydroxylation is 2. The van der Waals surface area contributed by atoms with Gasteiger partial charge in [0.25, 0.3) is 5.91 Å². The smallest absolute Gasteiger partial charge is 0.261 e. The molecule has 0 bridgehead atoms. The first-order valence-electron chi connectivity index (χ1n) is 7.15. The molecular weight excluding hydrogens is 332 g/mol. The topological polar surface area (TPSA) is 66.5 Å². The first-order chi connectivity index (χ1) is 10.8. The van der Waals surface area contributed by atoms with Crippen molar-refractivity contribution >= 4 is 33.0 Å². The van der Waals surface area contributed by atoms with Crippen molar-refractivity contribution in [1.29, 1.82) is 0 Å². The number of anilines is 1. The fourth-order valence-corrected chi connectivity index (χ4v) is 3.90. The predicted molar refractivity (Wildman–Crippen MR) is 94.8 cm³/mol. The number of sulfonamides is 1. The van der Waals surface area contributed by atoms with Crippen molar-refractivity contribution in [2.75, 3.05) is 23.7 Å². The van der Waals surface area contributed by atoms with E-state index >= 15 is 0 Å². The van der Waals surface area contributed by atoms with E-state index in [1.165, 1.54) is 21.9 Å². The highest BCUT2D eigenvalue weighted by Crippen LogP contribution is 2.21. The SMILES string of the molecule is Cc1cc(C)cc(N(CCNC(=O)c2cccs2)S(C)(=O)=O)c1. The lowest BCUT2D eigenvalue weighted by Crippen LogP contribution is -2.38. The van der Waals surface area contributed by atoms with Crippen LogP contribution in [0.2, 0.25) is 0 Å². The summed E-state index contributed by atoms with van der Waals surface area (Å²) in [6.45, 7) is 4.29. The number of nitrogens with one attached hydrogen (secondary N) is 1. The Morgan fingerprint density at radius 2 is 1.87 bits per heavy atom. The third-order valence-corrected chi connectivity index (χ3v) is 5.30. The van der Waals surface area contributed by atoms with Gasteiger partial charge in [-0.1, -0.05) is 12.1 Å². The van der Waals surface area contributed by atoms with E-state index in [-0.39, 0.29) is 19.0 Å². The first kappa shape index (κ1) is 17.5. The molecule has 0 atom stereocenters. The Morgan fingerprint density at radius 3 is 2.39 bits per heavy atom. The summed E-state index contributed by atoms with van der Waals surface area (Å²) >= 11 is 1.35. The van der Waals surface area contributed by atoms with Crippen LogP contribution >= 0.6 is 11.3 Å². The van der Waals surface area contributed by atoms with Gasteiger partial charge >= 0.3 is 0 Å². The van der Waals surface area contributed by atoms with Gasteiger partial charge in [-0.3, -0.25) is 9.10 Å². The van der Waals surface area contributed by atoms with Crippen molar-refractivity contribution < 1.29 is 13.2 Å². The van der Waals surface area contributed by atoms with Crippen LogP contribution in [0.4, 0.5) is 5.69 Å². The molecule has 7 heteroatoms. The van der Waals surface area contributed by atoms with Gasteiger partial charge in [-0.25, -0.2) is 8.42 Å². The standard InChI is InChI=1S/C16H20N2O3S2/c1-12-9-13(2)11-14(10-12)18(23(3,20)21)7-6-17-16(19)15-5-4-8-22-15/h4-5,8-11H,6-7H2,1-3H3,(H,17,19). The Hall–Kier alpha value is -1.86. The van der Waals surface area contributed by atoms with Gasteiger partial charge in [0.2, 0.25) is 10.0 Å². The molecular formula is C16H20N2O3S2. The molecule has 1 amide bonds. The third-order valence-electron chi connectivity index (χ3n) is 3.24. The van der Waals surface area contributed by atoms with Crippen molar-refractivity contribution in [2.24, 2.45) is 0 Å². The molecule has 0 aliphatic heterocycles. The lowest BCUT2D eigenvalue weighted by Gasteiger charge is -2.23. The molecule has 124 valence electrons. The zero-order valence-corrected chi connectivity index (χ0v) is 15.0. The summed E-state index contributed by atoms with van der Waals surface area (Å²) in [4.78, 5) is 12.5. The van der Waals surface area contributed by atoms with Crippen molar-refractivity contribution in [3.8, 4) is 0 Å². The Morgan fingerprint density at radius 1 is 1.22 bits per heavy atom. The minimum atomic E-state index is -3.42. The fraction of sp³-hybridized carbons (Fsp3) is 0.312. The Kier molecular flexibility index (Phi) is 5.43. The Balaban J connectivity index is 2.10. The zero-order valence-electron chi connectivity index (χ0n) is 13.4. The molecule has 0 saturated carbocycles. The summed E-state index contributed by atoms with van der Waals surface area (Å²) in [7, 11) is -3.42. The summed E-state index contributed by atoms with van der Waals surface area (Å²) in [6.07, 6.45) is 1.17. The molecule has 1 heterocycles. The molecule has 0 unspecified atom stereocenters. The summed E-state index contributed by atoms with van der Waals surface area (Å²) in [5, 5.41) is 4.58. The van der Waals surface area contributed by atoms with Crippen LogP contribution in [-0.4, -0.2) is 33.7 Å². The van der Waals surface area contributed by atoms with Gasteiger partial charge in [0.05, 0.1) is 23.4 Å². The van der Waals surface area contributed by atoms with Crippen LogP contribution < -0.4 is 9.62 Å². The molecule has 0 radical (unpaired) electrons. The molecule has 2 rings (SSSR count). The lowest BCUT2D eigenvalue weighted by atomic mass is 10.1. The molecule has 0 fully saturated rings. The number of rotatable bonds is 6. The quantitative estimate of drug-likeness (QED) is 0.869. The molecule has 23 heavy (non-hydrogen) atoms. The van der Waals surface area contributed by atoms with Crippen molar-refractivity contribution in [3.63, 3.8) is 0 Å². The number of benzene rings is 1. The van der Waals surface area contributed by atoms with Crippen LogP contribution in [0, 0.1) is 13.8 Å². The molecule has 0 aliphatic rings. The average molecular weight is 352 g/mol. The molecule has 1 aromatic heterocycles. The van der Waals surface area contributed by atoms with Crippen LogP contribution in [0.15, 0.2) is 35.7 Å². The highest BCUT2D eigenvalue weighted by atomic mass is 32.2. The van der Waals surface area contributed by atoms with Gasteiger partial charge in [-0.15, -0.1) is 11.3 Å². The van der Waals surface area contributed by atoms with E-state index in [0.29, 0.717) is 10.6 Å². The number of hydrogen-bond donors (Lipinski definition) is 1. The lowest BCUT2D eigenvalue weighted by molar-refractivity contribution is 0.0959. The summed E-state index contributed by atoms with van der Waals surface area (Å²) in [5.41, 5.74) is 2.61. The molecule has 1 N–H and O–H groups in total. The number of carbonyl (C=O) groups is 1. The molecule has 2 aromatic rings. The van der Waals surface area contributed by atoms with Gasteiger partial charge in [-0.2, -0.15) is 0 Å². The van der Waals surface area contributed by atoms with E-state index in [1.54, 1.807) is 12.1 Å². The van der Waals surface area contributed by atoms with Gasteiger partial charge in [0.1, 0.15) is 0 Å². The molecule has 1 aromatic carbocycles. The predicted octanol–water partition coefficient (Wildman–Crippen LogP) is 2.56. The highest BCUT2D eigenvalue weighted by Gasteiger charge is 2.18. The van der Waals surface area contributed by atoms with E-state index in [1.807, 2.05) is 37.4 Å². The maximum atomic E-state index is 12.1. The van der Waals surface area contributed by atoms with E-state index in [2.05, 4.69) is 5.32 Å². The summed E-state index contributed by atoms with van der Waals surface area (Å²) < 4.78 is 25.5. The first-order valence-corrected chi connectivity index (χ1v) is 9.88. The van der Waals surface area contributed by atoms with Crippen molar-refractivity contribution in [2.45, 2.75) is 13.8 Å². The van der Waals surface area contributed by atoms with Crippen LogP contribution in [-0.2, 0) is 10.0 Å².